The summed E-state index contributed by atoms with van der Waals surface area (Å²) >= 11 is 0. The van der Waals surface area contributed by atoms with Crippen molar-refractivity contribution in [2.75, 3.05) is 39.6 Å². The van der Waals surface area contributed by atoms with Crippen LogP contribution in [0.2, 0.25) is 0 Å². The van der Waals surface area contributed by atoms with Crippen LogP contribution < -0.4 is 18.9 Å². The molecule has 0 aliphatic carbocycles. The first-order valence-electron chi connectivity index (χ1n) is 23.8. The molecule has 2 atom stereocenters. The minimum absolute atomic E-state index is 0.271. The SMILES string of the molecule is CCCCCCCCCCCCCCC(Oc1ccccc1OCCOCCOCCOc1ccccc1OC(CCCCCCCCCCCCCC)C(=O)O)C(=O)O. The maximum atomic E-state index is 12.0. The first-order chi connectivity index (χ1) is 29.5. The second-order valence-corrected chi connectivity index (χ2v) is 16.1. The average molecular weight is 843 g/mol. The highest BCUT2D eigenvalue weighted by molar-refractivity contribution is 5.73. The number of hydrogen-bond acceptors (Lipinski definition) is 8. The zero-order chi connectivity index (χ0) is 43.1. The molecule has 0 heterocycles. The van der Waals surface area contributed by atoms with Crippen molar-refractivity contribution in [2.24, 2.45) is 0 Å². The highest BCUT2D eigenvalue weighted by atomic mass is 16.6. The highest BCUT2D eigenvalue weighted by Gasteiger charge is 2.22. The summed E-state index contributed by atoms with van der Waals surface area (Å²) in [6.45, 7) is 6.41. The number of unbranched alkanes of at least 4 members (excludes halogenated alkanes) is 22. The number of para-hydroxylation sites is 4. The third-order valence-electron chi connectivity index (χ3n) is 10.8. The molecular weight excluding hydrogens is 761 g/mol. The van der Waals surface area contributed by atoms with E-state index in [9.17, 15) is 19.8 Å². The molecule has 0 radical (unpaired) electrons. The van der Waals surface area contributed by atoms with E-state index in [1.54, 1.807) is 24.3 Å². The first-order valence-corrected chi connectivity index (χ1v) is 23.8. The quantitative estimate of drug-likeness (QED) is 0.0622. The van der Waals surface area contributed by atoms with Gasteiger partial charge in [-0.15, -0.1) is 0 Å². The predicted octanol–water partition coefficient (Wildman–Crippen LogP) is 13.0. The Balaban J connectivity index is 1.56. The van der Waals surface area contributed by atoms with Gasteiger partial charge < -0.3 is 38.6 Å². The molecule has 2 unspecified atom stereocenters. The molecule has 0 aromatic heterocycles. The number of rotatable bonds is 43. The summed E-state index contributed by atoms with van der Waals surface area (Å²) in [7, 11) is 0. The summed E-state index contributed by atoms with van der Waals surface area (Å²) in [6, 6.07) is 14.3. The zero-order valence-corrected chi connectivity index (χ0v) is 37.6. The Bertz CT molecular complexity index is 1220. The molecule has 2 N–H and O–H groups in total. The van der Waals surface area contributed by atoms with E-state index in [2.05, 4.69) is 13.8 Å². The monoisotopic (exact) mass is 843 g/mol. The van der Waals surface area contributed by atoms with Gasteiger partial charge in [-0.05, 0) is 49.9 Å². The Kier molecular flexibility index (Phi) is 32.7. The van der Waals surface area contributed by atoms with E-state index in [1.165, 1.54) is 116 Å². The Morgan fingerprint density at radius 3 is 0.967 bits per heavy atom. The molecule has 10 heteroatoms. The normalized spacial score (nSPS) is 12.2. The molecule has 2 aromatic carbocycles. The minimum atomic E-state index is -0.966. The molecule has 0 saturated carbocycles. The molecule has 342 valence electrons. The predicted molar refractivity (Wildman–Crippen MR) is 241 cm³/mol. The molecule has 0 saturated heterocycles. The first kappa shape index (κ1) is 52.6. The summed E-state index contributed by atoms with van der Waals surface area (Å²) in [5.74, 6) is -0.135. The third kappa shape index (κ3) is 27.4. The van der Waals surface area contributed by atoms with Crippen molar-refractivity contribution in [2.45, 2.75) is 193 Å². The van der Waals surface area contributed by atoms with Crippen LogP contribution in [0.5, 0.6) is 23.0 Å². The van der Waals surface area contributed by atoms with E-state index in [1.807, 2.05) is 24.3 Å². The van der Waals surface area contributed by atoms with Crippen LogP contribution in [0.1, 0.15) is 181 Å². The van der Waals surface area contributed by atoms with Crippen LogP contribution in [-0.2, 0) is 19.1 Å². The van der Waals surface area contributed by atoms with E-state index in [0.29, 0.717) is 62.3 Å². The molecule has 2 rings (SSSR count). The van der Waals surface area contributed by atoms with Gasteiger partial charge in [0.1, 0.15) is 13.2 Å². The number of aliphatic carboxylic acids is 2. The molecule has 0 spiro atoms. The van der Waals surface area contributed by atoms with Crippen molar-refractivity contribution >= 4 is 11.9 Å². The Hall–Kier alpha value is -3.50. The lowest BCUT2D eigenvalue weighted by Crippen LogP contribution is -2.27. The summed E-state index contributed by atoms with van der Waals surface area (Å²) in [6.07, 6.45) is 28.5. The fourth-order valence-corrected chi connectivity index (χ4v) is 7.19. The van der Waals surface area contributed by atoms with Crippen molar-refractivity contribution < 1.29 is 48.2 Å². The van der Waals surface area contributed by atoms with E-state index in [0.717, 1.165) is 38.5 Å². The van der Waals surface area contributed by atoms with E-state index >= 15 is 0 Å². The van der Waals surface area contributed by atoms with Crippen LogP contribution >= 0.6 is 0 Å². The number of benzene rings is 2. The maximum Gasteiger partial charge on any atom is 0.344 e. The van der Waals surface area contributed by atoms with Gasteiger partial charge in [0.2, 0.25) is 0 Å². The van der Waals surface area contributed by atoms with Crippen LogP contribution in [0.4, 0.5) is 0 Å². The van der Waals surface area contributed by atoms with Crippen molar-refractivity contribution in [3.05, 3.63) is 48.5 Å². The second-order valence-electron chi connectivity index (χ2n) is 16.1. The van der Waals surface area contributed by atoms with E-state index < -0.39 is 24.1 Å². The van der Waals surface area contributed by atoms with Crippen molar-refractivity contribution in [3.63, 3.8) is 0 Å². The fraction of sp³-hybridized carbons (Fsp3) is 0.720. The standard InChI is InChI=1S/C50H82O10/c1-3-5-7-9-11-13-15-17-19-21-23-25-35-47(49(51)52)59-45-33-29-27-31-43(45)57-41-39-55-37-38-56-40-42-58-44-32-28-30-34-46(44)60-48(50(53)54)36-26-24-22-20-18-16-14-12-10-8-6-4-2/h27-34,47-48H,3-26,35-42H2,1-2H3,(H,51,52)(H,53,54). The van der Waals surface area contributed by atoms with Gasteiger partial charge in [-0.3, -0.25) is 0 Å². The van der Waals surface area contributed by atoms with Gasteiger partial charge in [-0.1, -0.05) is 179 Å². The molecule has 60 heavy (non-hydrogen) atoms. The van der Waals surface area contributed by atoms with Gasteiger partial charge in [0.25, 0.3) is 0 Å². The number of carboxylic acid groups (broad SMARTS) is 2. The lowest BCUT2D eigenvalue weighted by molar-refractivity contribution is -0.146. The molecule has 0 aliphatic rings. The number of ether oxygens (including phenoxy) is 6. The molecule has 0 amide bonds. The van der Waals surface area contributed by atoms with Crippen LogP contribution in [0.15, 0.2) is 48.5 Å². The zero-order valence-electron chi connectivity index (χ0n) is 37.6. The molecule has 0 aliphatic heterocycles. The lowest BCUT2D eigenvalue weighted by atomic mass is 10.0. The van der Waals surface area contributed by atoms with Gasteiger partial charge in [-0.2, -0.15) is 0 Å². The van der Waals surface area contributed by atoms with Gasteiger partial charge in [-0.25, -0.2) is 9.59 Å². The van der Waals surface area contributed by atoms with Gasteiger partial charge in [0.05, 0.1) is 26.4 Å². The second kappa shape index (κ2) is 37.3. The van der Waals surface area contributed by atoms with E-state index in [-0.39, 0.29) is 13.2 Å². The maximum absolute atomic E-state index is 12.0. The summed E-state index contributed by atoms with van der Waals surface area (Å²) in [5, 5.41) is 19.6. The number of carboxylic acids is 2. The fourth-order valence-electron chi connectivity index (χ4n) is 7.19. The Morgan fingerprint density at radius 2 is 0.667 bits per heavy atom. The largest absolute Gasteiger partial charge is 0.487 e. The Labute approximate surface area is 363 Å². The van der Waals surface area contributed by atoms with Crippen LogP contribution in [-0.4, -0.2) is 74.0 Å². The molecule has 10 nitrogen and oxygen atoms in total. The summed E-state index contributed by atoms with van der Waals surface area (Å²) in [4.78, 5) is 24.0. The molecule has 0 fully saturated rings. The molecule has 0 bridgehead atoms. The van der Waals surface area contributed by atoms with Crippen molar-refractivity contribution in [1.29, 1.82) is 0 Å². The minimum Gasteiger partial charge on any atom is -0.487 e. The van der Waals surface area contributed by atoms with Crippen LogP contribution in [0, 0.1) is 0 Å². The lowest BCUT2D eigenvalue weighted by Gasteiger charge is -2.18. The van der Waals surface area contributed by atoms with Crippen molar-refractivity contribution in [3.8, 4) is 23.0 Å². The number of carbonyl (C=O) groups is 2. The van der Waals surface area contributed by atoms with Crippen LogP contribution in [0.25, 0.3) is 0 Å². The summed E-state index contributed by atoms with van der Waals surface area (Å²) < 4.78 is 35.0. The topological polar surface area (TPSA) is 130 Å². The smallest absolute Gasteiger partial charge is 0.344 e. The average Bonchev–Trinajstić information content (AvgIpc) is 3.25. The van der Waals surface area contributed by atoms with Gasteiger partial charge >= 0.3 is 11.9 Å². The van der Waals surface area contributed by atoms with Crippen molar-refractivity contribution in [1.82, 2.24) is 0 Å². The highest BCUT2D eigenvalue weighted by Crippen LogP contribution is 2.30. The van der Waals surface area contributed by atoms with E-state index in [4.69, 9.17) is 28.4 Å². The third-order valence-corrected chi connectivity index (χ3v) is 10.8. The molecule has 2 aromatic rings. The van der Waals surface area contributed by atoms with Gasteiger partial charge in [0.15, 0.2) is 35.2 Å². The Morgan fingerprint density at radius 1 is 0.400 bits per heavy atom. The van der Waals surface area contributed by atoms with Crippen LogP contribution in [0.3, 0.4) is 0 Å². The summed E-state index contributed by atoms with van der Waals surface area (Å²) in [5.41, 5.74) is 0. The molecular formula is C50H82O10. The number of hydrogen-bond donors (Lipinski definition) is 2. The van der Waals surface area contributed by atoms with Gasteiger partial charge in [0, 0.05) is 0 Å².